The molecule has 1 unspecified atom stereocenters. The number of rotatable bonds is 10. The first kappa shape index (κ1) is 15.9. The molecule has 0 fully saturated rings. The molecule has 1 N–H and O–H groups in total. The van der Waals surface area contributed by atoms with Gasteiger partial charge < -0.3 is 15.0 Å². The third-order valence-electron chi connectivity index (χ3n) is 2.43. The molecular formula is C13H30N2O. The van der Waals surface area contributed by atoms with E-state index in [1.807, 2.05) is 0 Å². The molecule has 1 atom stereocenters. The third-order valence-corrected chi connectivity index (χ3v) is 2.43. The first-order valence-electron chi connectivity index (χ1n) is 6.49. The summed E-state index contributed by atoms with van der Waals surface area (Å²) in [4.78, 5) is 2.19. The van der Waals surface area contributed by atoms with Crippen molar-refractivity contribution in [3.63, 3.8) is 0 Å². The van der Waals surface area contributed by atoms with E-state index < -0.39 is 0 Å². The summed E-state index contributed by atoms with van der Waals surface area (Å²) < 4.78 is 5.73. The Hall–Kier alpha value is -0.120. The van der Waals surface area contributed by atoms with Crippen molar-refractivity contribution in [2.75, 3.05) is 40.3 Å². The van der Waals surface area contributed by atoms with Gasteiger partial charge in [-0.3, -0.25) is 0 Å². The second-order valence-corrected chi connectivity index (χ2v) is 5.22. The zero-order valence-corrected chi connectivity index (χ0v) is 11.8. The van der Waals surface area contributed by atoms with Gasteiger partial charge in [0.2, 0.25) is 0 Å². The molecule has 0 aliphatic carbocycles. The van der Waals surface area contributed by atoms with E-state index in [1.165, 1.54) is 0 Å². The van der Waals surface area contributed by atoms with E-state index in [0.29, 0.717) is 6.10 Å². The van der Waals surface area contributed by atoms with Crippen LogP contribution >= 0.6 is 0 Å². The van der Waals surface area contributed by atoms with Crippen LogP contribution in [0.4, 0.5) is 0 Å². The Morgan fingerprint density at radius 1 is 1.19 bits per heavy atom. The minimum Gasteiger partial charge on any atom is -0.378 e. The summed E-state index contributed by atoms with van der Waals surface area (Å²) in [6, 6.07) is 0. The summed E-state index contributed by atoms with van der Waals surface area (Å²) in [5, 5.41) is 3.44. The Labute approximate surface area is 102 Å². The average Bonchev–Trinajstić information content (AvgIpc) is 2.19. The maximum atomic E-state index is 5.73. The van der Waals surface area contributed by atoms with Crippen LogP contribution in [0.5, 0.6) is 0 Å². The lowest BCUT2D eigenvalue weighted by atomic mass is 10.2. The van der Waals surface area contributed by atoms with Crippen molar-refractivity contribution in [1.82, 2.24) is 10.2 Å². The van der Waals surface area contributed by atoms with Gasteiger partial charge in [-0.2, -0.15) is 0 Å². The van der Waals surface area contributed by atoms with Gasteiger partial charge in [-0.1, -0.05) is 13.8 Å². The predicted octanol–water partition coefficient (Wildman–Crippen LogP) is 1.98. The molecule has 0 amide bonds. The number of hydrogen-bond acceptors (Lipinski definition) is 3. The topological polar surface area (TPSA) is 24.5 Å². The lowest BCUT2D eigenvalue weighted by Gasteiger charge is -2.15. The molecule has 0 aliphatic heterocycles. The minimum absolute atomic E-state index is 0.377. The van der Waals surface area contributed by atoms with E-state index in [4.69, 9.17) is 4.74 Å². The molecule has 3 nitrogen and oxygen atoms in total. The summed E-state index contributed by atoms with van der Waals surface area (Å²) in [6.45, 7) is 10.8. The summed E-state index contributed by atoms with van der Waals surface area (Å²) in [5.74, 6) is 0.733. The number of nitrogens with zero attached hydrogens (tertiary/aromatic N) is 1. The lowest BCUT2D eigenvalue weighted by molar-refractivity contribution is 0.0557. The fourth-order valence-electron chi connectivity index (χ4n) is 1.44. The van der Waals surface area contributed by atoms with Gasteiger partial charge in [-0.15, -0.1) is 0 Å². The number of ether oxygens (including phenoxy) is 1. The molecule has 0 bridgehead atoms. The number of hydrogen-bond donors (Lipinski definition) is 1. The first-order chi connectivity index (χ1) is 7.52. The van der Waals surface area contributed by atoms with Crippen molar-refractivity contribution >= 4 is 0 Å². The molecule has 0 aliphatic rings. The zero-order valence-electron chi connectivity index (χ0n) is 11.8. The molecule has 16 heavy (non-hydrogen) atoms. The SMILES string of the molecule is CC(C)CNCCC(C)OCCCN(C)C. The molecule has 98 valence electrons. The standard InChI is InChI=1S/C13H30N2O/c1-12(2)11-14-8-7-13(3)16-10-6-9-15(4)5/h12-14H,6-11H2,1-5H3. The van der Waals surface area contributed by atoms with Crippen LogP contribution in [0.1, 0.15) is 33.6 Å². The minimum atomic E-state index is 0.377. The van der Waals surface area contributed by atoms with Gasteiger partial charge in [-0.25, -0.2) is 0 Å². The third kappa shape index (κ3) is 12.0. The van der Waals surface area contributed by atoms with E-state index >= 15 is 0 Å². The van der Waals surface area contributed by atoms with Gasteiger partial charge in [0.1, 0.15) is 0 Å². The quantitative estimate of drug-likeness (QED) is 0.581. The van der Waals surface area contributed by atoms with Gasteiger partial charge in [0.25, 0.3) is 0 Å². The molecule has 0 aromatic rings. The maximum absolute atomic E-state index is 5.73. The van der Waals surface area contributed by atoms with Gasteiger partial charge >= 0.3 is 0 Å². The Morgan fingerprint density at radius 2 is 1.88 bits per heavy atom. The van der Waals surface area contributed by atoms with Crippen LogP contribution in [0.25, 0.3) is 0 Å². The fraction of sp³-hybridized carbons (Fsp3) is 1.00. The van der Waals surface area contributed by atoms with Gasteiger partial charge in [0, 0.05) is 6.61 Å². The highest BCUT2D eigenvalue weighted by Gasteiger charge is 2.02. The van der Waals surface area contributed by atoms with Gasteiger partial charge in [-0.05, 0) is 59.4 Å². The van der Waals surface area contributed by atoms with Crippen molar-refractivity contribution in [1.29, 1.82) is 0 Å². The smallest absolute Gasteiger partial charge is 0.0559 e. The highest BCUT2D eigenvalue weighted by Crippen LogP contribution is 1.98. The summed E-state index contributed by atoms with van der Waals surface area (Å²) in [7, 11) is 4.19. The molecule has 0 spiro atoms. The van der Waals surface area contributed by atoms with E-state index in [9.17, 15) is 0 Å². The second kappa shape index (κ2) is 10.1. The molecule has 0 radical (unpaired) electrons. The zero-order chi connectivity index (χ0) is 12.4. The van der Waals surface area contributed by atoms with Crippen LogP contribution in [0.2, 0.25) is 0 Å². The molecule has 0 aromatic carbocycles. The molecule has 0 saturated heterocycles. The van der Waals surface area contributed by atoms with Crippen molar-refractivity contribution in [3.05, 3.63) is 0 Å². The largest absolute Gasteiger partial charge is 0.378 e. The summed E-state index contributed by atoms with van der Waals surface area (Å²) in [6.07, 6.45) is 2.60. The lowest BCUT2D eigenvalue weighted by Crippen LogP contribution is -2.24. The fourth-order valence-corrected chi connectivity index (χ4v) is 1.44. The highest BCUT2D eigenvalue weighted by molar-refractivity contribution is 4.56. The molecule has 0 saturated carbocycles. The molecular weight excluding hydrogens is 200 g/mol. The van der Waals surface area contributed by atoms with Crippen LogP contribution in [0.15, 0.2) is 0 Å². The average molecular weight is 230 g/mol. The van der Waals surface area contributed by atoms with Crippen molar-refractivity contribution in [3.8, 4) is 0 Å². The highest BCUT2D eigenvalue weighted by atomic mass is 16.5. The normalized spacial score (nSPS) is 13.7. The van der Waals surface area contributed by atoms with Crippen molar-refractivity contribution < 1.29 is 4.74 Å². The summed E-state index contributed by atoms with van der Waals surface area (Å²) >= 11 is 0. The number of nitrogens with one attached hydrogen (secondary N) is 1. The monoisotopic (exact) mass is 230 g/mol. The summed E-state index contributed by atoms with van der Waals surface area (Å²) in [5.41, 5.74) is 0. The Balaban J connectivity index is 3.21. The first-order valence-corrected chi connectivity index (χ1v) is 6.49. The molecule has 0 heterocycles. The van der Waals surface area contributed by atoms with E-state index in [-0.39, 0.29) is 0 Å². The second-order valence-electron chi connectivity index (χ2n) is 5.22. The van der Waals surface area contributed by atoms with Gasteiger partial charge in [0.05, 0.1) is 6.10 Å². The predicted molar refractivity (Wildman–Crippen MR) is 70.9 cm³/mol. The van der Waals surface area contributed by atoms with Crippen LogP contribution in [-0.2, 0) is 4.74 Å². The maximum Gasteiger partial charge on any atom is 0.0559 e. The van der Waals surface area contributed by atoms with Crippen LogP contribution in [0, 0.1) is 5.92 Å². The van der Waals surface area contributed by atoms with Crippen molar-refractivity contribution in [2.45, 2.75) is 39.7 Å². The molecule has 0 aromatic heterocycles. The van der Waals surface area contributed by atoms with E-state index in [1.54, 1.807) is 0 Å². The molecule has 0 rings (SSSR count). The van der Waals surface area contributed by atoms with Crippen LogP contribution in [-0.4, -0.2) is 51.3 Å². The van der Waals surface area contributed by atoms with E-state index in [2.05, 4.69) is 45.1 Å². The van der Waals surface area contributed by atoms with E-state index in [0.717, 1.165) is 45.0 Å². The van der Waals surface area contributed by atoms with Crippen LogP contribution < -0.4 is 5.32 Å². The Bertz CT molecular complexity index is 133. The van der Waals surface area contributed by atoms with Crippen molar-refractivity contribution in [2.24, 2.45) is 5.92 Å². The molecule has 3 heteroatoms. The Kier molecular flexibility index (Phi) is 9.99. The van der Waals surface area contributed by atoms with Crippen LogP contribution in [0.3, 0.4) is 0 Å². The van der Waals surface area contributed by atoms with Gasteiger partial charge in [0.15, 0.2) is 0 Å². The Morgan fingerprint density at radius 3 is 2.44 bits per heavy atom.